The van der Waals surface area contributed by atoms with Gasteiger partial charge in [-0.25, -0.2) is 4.72 Å². The SMILES string of the molecule is CC1CC(C)CN(S(=O)(=O)NCC[C@@H]2CCCN2)C1. The molecule has 112 valence electrons. The molecule has 0 amide bonds. The van der Waals surface area contributed by atoms with Crippen molar-refractivity contribution in [3.63, 3.8) is 0 Å². The van der Waals surface area contributed by atoms with Crippen LogP contribution in [-0.2, 0) is 10.2 Å². The molecule has 19 heavy (non-hydrogen) atoms. The minimum absolute atomic E-state index is 0.455. The topological polar surface area (TPSA) is 61.4 Å². The van der Waals surface area contributed by atoms with Crippen LogP contribution in [0, 0.1) is 11.8 Å². The zero-order valence-electron chi connectivity index (χ0n) is 12.1. The van der Waals surface area contributed by atoms with Crippen LogP contribution in [0.1, 0.15) is 39.5 Å². The fraction of sp³-hybridized carbons (Fsp3) is 1.00. The van der Waals surface area contributed by atoms with E-state index >= 15 is 0 Å². The van der Waals surface area contributed by atoms with Crippen LogP contribution in [0.2, 0.25) is 0 Å². The van der Waals surface area contributed by atoms with E-state index < -0.39 is 10.2 Å². The van der Waals surface area contributed by atoms with E-state index in [0.717, 1.165) is 19.4 Å². The van der Waals surface area contributed by atoms with Crippen molar-refractivity contribution in [1.29, 1.82) is 0 Å². The lowest BCUT2D eigenvalue weighted by Gasteiger charge is -2.34. The fourth-order valence-electron chi connectivity index (χ4n) is 3.26. The molecule has 3 atom stereocenters. The summed E-state index contributed by atoms with van der Waals surface area (Å²) < 4.78 is 28.9. The summed E-state index contributed by atoms with van der Waals surface area (Å²) in [7, 11) is -3.29. The predicted molar refractivity (Wildman–Crippen MR) is 77.1 cm³/mol. The highest BCUT2D eigenvalue weighted by molar-refractivity contribution is 7.87. The highest BCUT2D eigenvalue weighted by Gasteiger charge is 2.30. The largest absolute Gasteiger partial charge is 0.314 e. The Morgan fingerprint density at radius 1 is 1.26 bits per heavy atom. The van der Waals surface area contributed by atoms with Crippen LogP contribution >= 0.6 is 0 Å². The van der Waals surface area contributed by atoms with E-state index in [1.807, 2.05) is 0 Å². The zero-order valence-corrected chi connectivity index (χ0v) is 12.9. The molecule has 0 radical (unpaired) electrons. The van der Waals surface area contributed by atoms with Crippen molar-refractivity contribution < 1.29 is 8.42 Å². The maximum absolute atomic E-state index is 12.2. The van der Waals surface area contributed by atoms with Gasteiger partial charge < -0.3 is 5.32 Å². The number of nitrogens with one attached hydrogen (secondary N) is 2. The first kappa shape index (κ1) is 15.2. The van der Waals surface area contributed by atoms with E-state index in [9.17, 15) is 8.42 Å². The third-order valence-corrected chi connectivity index (χ3v) is 5.66. The summed E-state index contributed by atoms with van der Waals surface area (Å²) in [6.07, 6.45) is 4.38. The van der Waals surface area contributed by atoms with Gasteiger partial charge in [-0.15, -0.1) is 0 Å². The molecule has 0 aromatic carbocycles. The lowest BCUT2D eigenvalue weighted by atomic mass is 9.94. The quantitative estimate of drug-likeness (QED) is 0.792. The van der Waals surface area contributed by atoms with Crippen LogP contribution < -0.4 is 10.0 Å². The molecule has 2 aliphatic rings. The Kier molecular flexibility index (Phi) is 5.22. The number of piperidine rings is 1. The van der Waals surface area contributed by atoms with Crippen molar-refractivity contribution in [2.75, 3.05) is 26.2 Å². The molecule has 2 rings (SSSR count). The van der Waals surface area contributed by atoms with Crippen LogP contribution in [-0.4, -0.2) is 44.9 Å². The third-order valence-electron chi connectivity index (χ3n) is 4.11. The van der Waals surface area contributed by atoms with E-state index in [-0.39, 0.29) is 0 Å². The Morgan fingerprint density at radius 2 is 1.95 bits per heavy atom. The van der Waals surface area contributed by atoms with Gasteiger partial charge in [0.25, 0.3) is 10.2 Å². The van der Waals surface area contributed by atoms with E-state index in [2.05, 4.69) is 23.9 Å². The van der Waals surface area contributed by atoms with Gasteiger partial charge in [-0.2, -0.15) is 12.7 Å². The minimum atomic E-state index is -3.29. The van der Waals surface area contributed by atoms with Crippen molar-refractivity contribution >= 4 is 10.2 Å². The molecule has 0 bridgehead atoms. The molecule has 0 aromatic rings. The minimum Gasteiger partial charge on any atom is -0.314 e. The second-order valence-corrected chi connectivity index (χ2v) is 8.00. The lowest BCUT2D eigenvalue weighted by Crippen LogP contribution is -2.48. The van der Waals surface area contributed by atoms with Gasteiger partial charge in [-0.05, 0) is 44.1 Å². The molecule has 0 aliphatic carbocycles. The van der Waals surface area contributed by atoms with E-state index in [1.165, 1.54) is 12.8 Å². The number of rotatable bonds is 5. The fourth-order valence-corrected chi connectivity index (χ4v) is 4.72. The Morgan fingerprint density at radius 3 is 2.53 bits per heavy atom. The summed E-state index contributed by atoms with van der Waals surface area (Å²) in [6.45, 7) is 7.17. The number of hydrogen-bond donors (Lipinski definition) is 2. The van der Waals surface area contributed by atoms with Crippen molar-refractivity contribution in [2.24, 2.45) is 11.8 Å². The molecule has 5 nitrogen and oxygen atoms in total. The predicted octanol–water partition coefficient (Wildman–Crippen LogP) is 0.941. The molecular formula is C13H27N3O2S. The van der Waals surface area contributed by atoms with Crippen molar-refractivity contribution in [3.05, 3.63) is 0 Å². The first-order valence-corrected chi connectivity index (χ1v) is 8.89. The van der Waals surface area contributed by atoms with Gasteiger partial charge in [0, 0.05) is 25.7 Å². The monoisotopic (exact) mass is 289 g/mol. The average Bonchev–Trinajstić information content (AvgIpc) is 2.80. The van der Waals surface area contributed by atoms with Gasteiger partial charge in [0.1, 0.15) is 0 Å². The highest BCUT2D eigenvalue weighted by Crippen LogP contribution is 2.22. The first-order valence-electron chi connectivity index (χ1n) is 7.45. The molecule has 0 spiro atoms. The van der Waals surface area contributed by atoms with Crippen LogP contribution in [0.4, 0.5) is 0 Å². The Bertz CT molecular complexity index is 369. The van der Waals surface area contributed by atoms with Crippen LogP contribution in [0.5, 0.6) is 0 Å². The van der Waals surface area contributed by atoms with Crippen LogP contribution in [0.15, 0.2) is 0 Å². The highest BCUT2D eigenvalue weighted by atomic mass is 32.2. The summed E-state index contributed by atoms with van der Waals surface area (Å²) in [4.78, 5) is 0. The van der Waals surface area contributed by atoms with E-state index in [1.54, 1.807) is 4.31 Å². The summed E-state index contributed by atoms with van der Waals surface area (Å²) >= 11 is 0. The molecule has 0 saturated carbocycles. The van der Waals surface area contributed by atoms with Gasteiger partial charge in [-0.1, -0.05) is 13.8 Å². The van der Waals surface area contributed by atoms with Gasteiger partial charge >= 0.3 is 0 Å². The Labute approximate surface area is 117 Å². The van der Waals surface area contributed by atoms with Gasteiger partial charge in [0.15, 0.2) is 0 Å². The standard InChI is InChI=1S/C13H27N3O2S/c1-11-8-12(2)10-16(9-11)19(17,18)15-7-5-13-4-3-6-14-13/h11-15H,3-10H2,1-2H3/t11?,12?,13-/m0/s1. The lowest BCUT2D eigenvalue weighted by molar-refractivity contribution is 0.220. The van der Waals surface area contributed by atoms with Gasteiger partial charge in [-0.3, -0.25) is 0 Å². The Balaban J connectivity index is 1.80. The molecule has 2 saturated heterocycles. The summed E-state index contributed by atoms with van der Waals surface area (Å²) in [5.41, 5.74) is 0. The van der Waals surface area contributed by atoms with E-state index in [0.29, 0.717) is 37.5 Å². The number of hydrogen-bond acceptors (Lipinski definition) is 3. The second kappa shape index (κ2) is 6.52. The zero-order chi connectivity index (χ0) is 13.9. The normalized spacial score (nSPS) is 33.7. The second-order valence-electron chi connectivity index (χ2n) is 6.24. The van der Waals surface area contributed by atoms with Crippen molar-refractivity contribution in [2.45, 2.75) is 45.6 Å². The molecule has 2 aliphatic heterocycles. The summed E-state index contributed by atoms with van der Waals surface area (Å²) in [6, 6.07) is 0.488. The molecule has 2 N–H and O–H groups in total. The Hall–Kier alpha value is -0.170. The molecule has 2 fully saturated rings. The molecule has 2 unspecified atom stereocenters. The van der Waals surface area contributed by atoms with Gasteiger partial charge in [0.2, 0.25) is 0 Å². The molecule has 6 heteroatoms. The van der Waals surface area contributed by atoms with Crippen LogP contribution in [0.3, 0.4) is 0 Å². The van der Waals surface area contributed by atoms with Crippen molar-refractivity contribution in [3.8, 4) is 0 Å². The molecular weight excluding hydrogens is 262 g/mol. The average molecular weight is 289 g/mol. The number of nitrogens with zero attached hydrogens (tertiary/aromatic N) is 1. The summed E-state index contributed by atoms with van der Waals surface area (Å²) in [5.74, 6) is 0.911. The molecule has 2 heterocycles. The maximum Gasteiger partial charge on any atom is 0.279 e. The van der Waals surface area contributed by atoms with Crippen molar-refractivity contribution in [1.82, 2.24) is 14.3 Å². The third kappa shape index (κ3) is 4.41. The maximum atomic E-state index is 12.2. The van der Waals surface area contributed by atoms with Crippen LogP contribution in [0.25, 0.3) is 0 Å². The molecule has 0 aromatic heterocycles. The smallest absolute Gasteiger partial charge is 0.279 e. The van der Waals surface area contributed by atoms with E-state index in [4.69, 9.17) is 0 Å². The van der Waals surface area contributed by atoms with Gasteiger partial charge in [0.05, 0.1) is 0 Å². The summed E-state index contributed by atoms with van der Waals surface area (Å²) in [5, 5.41) is 3.39. The first-order chi connectivity index (χ1) is 8.97.